The van der Waals surface area contributed by atoms with Gasteiger partial charge in [0.05, 0.1) is 43.8 Å². The van der Waals surface area contributed by atoms with Gasteiger partial charge in [0, 0.05) is 23.5 Å². The van der Waals surface area contributed by atoms with Crippen LogP contribution in [-0.4, -0.2) is 43.0 Å². The zero-order chi connectivity index (χ0) is 22.2. The van der Waals surface area contributed by atoms with Gasteiger partial charge in [0.1, 0.15) is 17.2 Å². The van der Waals surface area contributed by atoms with E-state index in [2.05, 4.69) is 6.07 Å². The molecular weight excluding hydrogens is 416 g/mol. The molecule has 0 radical (unpaired) electrons. The van der Waals surface area contributed by atoms with Crippen LogP contribution in [0, 0.1) is 11.3 Å². The number of allylic oxidation sites excluding steroid dienone is 1. The quantitative estimate of drug-likeness (QED) is 0.765. The number of methoxy groups -OCH3 is 3. The van der Waals surface area contributed by atoms with Crippen LogP contribution in [0.3, 0.4) is 0 Å². The summed E-state index contributed by atoms with van der Waals surface area (Å²) in [4.78, 5) is 14.7. The van der Waals surface area contributed by atoms with Gasteiger partial charge in [-0.1, -0.05) is 12.1 Å². The van der Waals surface area contributed by atoms with Gasteiger partial charge < -0.3 is 19.3 Å². The number of hydrogen-bond donors (Lipinski definition) is 1. The van der Waals surface area contributed by atoms with E-state index < -0.39 is 11.6 Å². The lowest BCUT2D eigenvalue weighted by molar-refractivity contribution is -0.149. The Morgan fingerprint density at radius 2 is 1.87 bits per heavy atom. The fourth-order valence-corrected chi connectivity index (χ4v) is 5.45. The number of aliphatic hydroxyl groups is 1. The number of amides is 1. The number of hydrogen-bond acceptors (Lipinski definition) is 7. The minimum atomic E-state index is -1.56. The largest absolute Gasteiger partial charge is 0.497 e. The maximum Gasteiger partial charge on any atom is 0.231 e. The third-order valence-electron chi connectivity index (χ3n) is 5.65. The maximum atomic E-state index is 13.3. The SMILES string of the molecule is COc1cccc([C@]2(O)CSC3=C(C#N)[C@@H](c4cc(OC)ccc4OC)CC(=O)N32)c1. The van der Waals surface area contributed by atoms with Gasteiger partial charge in [-0.25, -0.2) is 0 Å². The molecule has 160 valence electrons. The molecular formula is C23H22N2O5S. The molecule has 0 unspecified atom stereocenters. The van der Waals surface area contributed by atoms with Crippen molar-refractivity contribution in [2.45, 2.75) is 18.1 Å². The van der Waals surface area contributed by atoms with Crippen molar-refractivity contribution in [2.24, 2.45) is 0 Å². The van der Waals surface area contributed by atoms with Gasteiger partial charge in [-0.2, -0.15) is 5.26 Å². The second kappa shape index (κ2) is 8.17. The Morgan fingerprint density at radius 3 is 2.55 bits per heavy atom. The molecule has 0 aromatic heterocycles. The number of rotatable bonds is 5. The molecule has 2 heterocycles. The molecule has 7 nitrogen and oxygen atoms in total. The Balaban J connectivity index is 1.83. The van der Waals surface area contributed by atoms with Crippen molar-refractivity contribution in [1.29, 1.82) is 5.26 Å². The van der Waals surface area contributed by atoms with E-state index in [9.17, 15) is 15.2 Å². The summed E-state index contributed by atoms with van der Waals surface area (Å²) in [7, 11) is 4.65. The second-order valence-electron chi connectivity index (χ2n) is 7.26. The first-order valence-electron chi connectivity index (χ1n) is 9.65. The van der Waals surface area contributed by atoms with Gasteiger partial charge in [0.25, 0.3) is 0 Å². The first-order valence-corrected chi connectivity index (χ1v) is 10.6. The monoisotopic (exact) mass is 438 g/mol. The van der Waals surface area contributed by atoms with Gasteiger partial charge in [0.2, 0.25) is 5.91 Å². The first kappa shape index (κ1) is 21.1. The van der Waals surface area contributed by atoms with E-state index in [1.807, 2.05) is 0 Å². The number of fused-ring (bicyclic) bond motifs is 1. The van der Waals surface area contributed by atoms with Crippen LogP contribution in [0.15, 0.2) is 53.1 Å². The van der Waals surface area contributed by atoms with E-state index in [1.54, 1.807) is 63.8 Å². The Bertz CT molecular complexity index is 1110. The van der Waals surface area contributed by atoms with Gasteiger partial charge in [-0.3, -0.25) is 9.69 Å². The highest BCUT2D eigenvalue weighted by atomic mass is 32.2. The minimum absolute atomic E-state index is 0.0305. The Morgan fingerprint density at radius 1 is 1.13 bits per heavy atom. The van der Waals surface area contributed by atoms with Crippen molar-refractivity contribution < 1.29 is 24.1 Å². The van der Waals surface area contributed by atoms with Crippen molar-refractivity contribution in [2.75, 3.05) is 27.1 Å². The van der Waals surface area contributed by atoms with Crippen molar-refractivity contribution in [3.05, 3.63) is 64.2 Å². The highest BCUT2D eigenvalue weighted by Gasteiger charge is 2.52. The third-order valence-corrected chi connectivity index (χ3v) is 6.88. The standard InChI is InChI=1S/C23H22N2O5S/c1-28-15-6-4-5-14(9-15)23(27)13-31-22-19(12-24)17(11-21(26)25(22)23)18-10-16(29-2)7-8-20(18)30-3/h4-10,17,27H,11,13H2,1-3H3/t17-,23-/m1/s1. The van der Waals surface area contributed by atoms with Crippen molar-refractivity contribution >= 4 is 17.7 Å². The summed E-state index contributed by atoms with van der Waals surface area (Å²) in [5, 5.41) is 22.0. The zero-order valence-electron chi connectivity index (χ0n) is 17.4. The highest BCUT2D eigenvalue weighted by molar-refractivity contribution is 8.03. The molecule has 1 saturated heterocycles. The number of thioether (sulfide) groups is 1. The van der Waals surface area contributed by atoms with Crippen molar-refractivity contribution in [1.82, 2.24) is 4.90 Å². The fraction of sp³-hybridized carbons (Fsp3) is 0.304. The molecule has 1 amide bonds. The molecule has 1 N–H and O–H groups in total. The highest BCUT2D eigenvalue weighted by Crippen LogP contribution is 2.53. The lowest BCUT2D eigenvalue weighted by Crippen LogP contribution is -2.48. The molecule has 31 heavy (non-hydrogen) atoms. The van der Waals surface area contributed by atoms with Crippen LogP contribution in [-0.2, 0) is 10.5 Å². The van der Waals surface area contributed by atoms with Crippen LogP contribution in [0.1, 0.15) is 23.5 Å². The summed E-state index contributed by atoms with van der Waals surface area (Å²) in [5.41, 5.74) is 0.112. The van der Waals surface area contributed by atoms with E-state index >= 15 is 0 Å². The fourth-order valence-electron chi connectivity index (χ4n) is 4.09. The topological polar surface area (TPSA) is 92.0 Å². The van der Waals surface area contributed by atoms with E-state index in [4.69, 9.17) is 14.2 Å². The van der Waals surface area contributed by atoms with Crippen LogP contribution in [0.5, 0.6) is 17.2 Å². The molecule has 8 heteroatoms. The summed E-state index contributed by atoms with van der Waals surface area (Å²) in [6, 6.07) is 14.6. The molecule has 2 aliphatic rings. The van der Waals surface area contributed by atoms with Crippen LogP contribution >= 0.6 is 11.8 Å². The summed E-state index contributed by atoms with van der Waals surface area (Å²) in [6.45, 7) is 0. The summed E-state index contributed by atoms with van der Waals surface area (Å²) in [6.07, 6.45) is 0.0305. The van der Waals surface area contributed by atoms with E-state index in [0.29, 0.717) is 39.0 Å². The lowest BCUT2D eigenvalue weighted by Gasteiger charge is -2.38. The Kier molecular flexibility index (Phi) is 5.56. The van der Waals surface area contributed by atoms with E-state index in [1.165, 1.54) is 16.7 Å². The Labute approximate surface area is 184 Å². The van der Waals surface area contributed by atoms with Gasteiger partial charge in [-0.05, 0) is 30.3 Å². The zero-order valence-corrected chi connectivity index (χ0v) is 18.2. The molecule has 2 aromatic rings. The molecule has 1 fully saturated rings. The average molecular weight is 439 g/mol. The predicted octanol–water partition coefficient (Wildman–Crippen LogP) is 3.36. The first-order chi connectivity index (χ1) is 15.0. The minimum Gasteiger partial charge on any atom is -0.497 e. The molecule has 2 aromatic carbocycles. The average Bonchev–Trinajstić information content (AvgIpc) is 3.17. The molecule has 0 bridgehead atoms. The summed E-state index contributed by atoms with van der Waals surface area (Å²) in [5.74, 6) is 1.23. The number of ether oxygens (including phenoxy) is 3. The lowest BCUT2D eigenvalue weighted by atomic mass is 9.84. The molecule has 0 aliphatic carbocycles. The van der Waals surface area contributed by atoms with Gasteiger partial charge in [-0.15, -0.1) is 11.8 Å². The van der Waals surface area contributed by atoms with Crippen LogP contribution in [0.25, 0.3) is 0 Å². The molecule has 0 saturated carbocycles. The number of carbonyl (C=O) groups excluding carboxylic acids is 1. The number of benzene rings is 2. The maximum absolute atomic E-state index is 13.3. The smallest absolute Gasteiger partial charge is 0.231 e. The second-order valence-corrected chi connectivity index (χ2v) is 8.23. The predicted molar refractivity (Wildman–Crippen MR) is 116 cm³/mol. The molecule has 2 atom stereocenters. The number of carbonyl (C=O) groups is 1. The normalized spacial score (nSPS) is 22.7. The van der Waals surface area contributed by atoms with Crippen LogP contribution in [0.2, 0.25) is 0 Å². The van der Waals surface area contributed by atoms with Gasteiger partial charge in [0.15, 0.2) is 5.72 Å². The number of nitriles is 1. The van der Waals surface area contributed by atoms with Gasteiger partial charge >= 0.3 is 0 Å². The third kappa shape index (κ3) is 3.40. The molecule has 2 aliphatic heterocycles. The van der Waals surface area contributed by atoms with Crippen LogP contribution < -0.4 is 14.2 Å². The summed E-state index contributed by atoms with van der Waals surface area (Å²) < 4.78 is 16.1. The summed E-state index contributed by atoms with van der Waals surface area (Å²) >= 11 is 1.30. The number of nitrogens with zero attached hydrogens (tertiary/aromatic N) is 2. The van der Waals surface area contributed by atoms with E-state index in [-0.39, 0.29) is 18.1 Å². The van der Waals surface area contributed by atoms with E-state index in [0.717, 1.165) is 0 Å². The Hall–Kier alpha value is -3.15. The molecule has 4 rings (SSSR count). The van der Waals surface area contributed by atoms with Crippen molar-refractivity contribution in [3.8, 4) is 23.3 Å². The van der Waals surface area contributed by atoms with Crippen LogP contribution in [0.4, 0.5) is 0 Å². The van der Waals surface area contributed by atoms with Crippen molar-refractivity contribution in [3.63, 3.8) is 0 Å². The molecule has 0 spiro atoms.